The number of carbonyl (C=O) groups excluding carboxylic acids is 2. The van der Waals surface area contributed by atoms with E-state index in [1.54, 1.807) is 0 Å². The highest BCUT2D eigenvalue weighted by atomic mass is 16.2. The predicted molar refractivity (Wildman–Crippen MR) is 67.4 cm³/mol. The van der Waals surface area contributed by atoms with E-state index < -0.39 is 0 Å². The fourth-order valence-corrected chi connectivity index (χ4v) is 2.13. The van der Waals surface area contributed by atoms with Gasteiger partial charge < -0.3 is 10.2 Å². The molecule has 1 aliphatic rings. The first-order valence-electron chi connectivity index (χ1n) is 6.51. The largest absolute Gasteiger partial charge is 0.354 e. The van der Waals surface area contributed by atoms with Gasteiger partial charge in [-0.3, -0.25) is 9.59 Å². The number of hydrogen-bond acceptors (Lipinski definition) is 2. The summed E-state index contributed by atoms with van der Waals surface area (Å²) in [4.78, 5) is 25.5. The zero-order valence-corrected chi connectivity index (χ0v) is 11.3. The normalized spacial score (nSPS) is 17.6. The molecule has 4 nitrogen and oxygen atoms in total. The van der Waals surface area contributed by atoms with Gasteiger partial charge in [0.25, 0.3) is 0 Å². The minimum atomic E-state index is 0.0519. The van der Waals surface area contributed by atoms with Gasteiger partial charge in [0.1, 0.15) is 0 Å². The summed E-state index contributed by atoms with van der Waals surface area (Å²) in [6.45, 7) is 9.20. The Labute approximate surface area is 104 Å². The van der Waals surface area contributed by atoms with Gasteiger partial charge in [0.15, 0.2) is 0 Å². The van der Waals surface area contributed by atoms with Crippen molar-refractivity contribution in [3.63, 3.8) is 0 Å². The van der Waals surface area contributed by atoms with Crippen molar-refractivity contribution in [2.75, 3.05) is 13.1 Å². The third-order valence-corrected chi connectivity index (χ3v) is 3.10. The van der Waals surface area contributed by atoms with Gasteiger partial charge in [-0.2, -0.15) is 0 Å². The highest BCUT2D eigenvalue weighted by Crippen LogP contribution is 2.19. The number of hydrogen-bond donors (Lipinski definition) is 1. The molecule has 0 aromatic heterocycles. The molecule has 0 aliphatic carbocycles. The molecule has 0 aromatic rings. The molecule has 0 spiro atoms. The van der Waals surface area contributed by atoms with Crippen LogP contribution in [0.25, 0.3) is 0 Å². The maximum absolute atomic E-state index is 11.8. The molecule has 0 radical (unpaired) electrons. The summed E-state index contributed by atoms with van der Waals surface area (Å²) in [6, 6.07) is 0.192. The lowest BCUT2D eigenvalue weighted by Crippen LogP contribution is -2.45. The molecule has 0 saturated carbocycles. The highest BCUT2D eigenvalue weighted by molar-refractivity contribution is 5.80. The van der Waals surface area contributed by atoms with Crippen LogP contribution in [0.1, 0.15) is 40.5 Å². The van der Waals surface area contributed by atoms with Crippen LogP contribution in [0.3, 0.4) is 0 Å². The number of piperidine rings is 1. The molecule has 1 saturated heterocycles. The van der Waals surface area contributed by atoms with E-state index in [-0.39, 0.29) is 29.7 Å². The Morgan fingerprint density at radius 2 is 1.65 bits per heavy atom. The van der Waals surface area contributed by atoms with Crippen molar-refractivity contribution in [1.82, 2.24) is 10.2 Å². The van der Waals surface area contributed by atoms with Crippen LogP contribution in [0.4, 0.5) is 0 Å². The molecule has 98 valence electrons. The molecule has 1 fully saturated rings. The average Bonchev–Trinajstić information content (AvgIpc) is 2.27. The molecule has 17 heavy (non-hydrogen) atoms. The Morgan fingerprint density at radius 3 is 2.06 bits per heavy atom. The molecule has 0 bridgehead atoms. The zero-order chi connectivity index (χ0) is 13.0. The SMILES string of the molecule is CC(C)NC(=O)C1CCN(C(=O)C(C)C)CC1. The third-order valence-electron chi connectivity index (χ3n) is 3.10. The first-order valence-corrected chi connectivity index (χ1v) is 6.51. The summed E-state index contributed by atoms with van der Waals surface area (Å²) in [5, 5.41) is 2.94. The van der Waals surface area contributed by atoms with Gasteiger partial charge in [0.05, 0.1) is 0 Å². The van der Waals surface area contributed by atoms with Gasteiger partial charge in [-0.25, -0.2) is 0 Å². The quantitative estimate of drug-likeness (QED) is 0.810. The fraction of sp³-hybridized carbons (Fsp3) is 0.846. The summed E-state index contributed by atoms with van der Waals surface area (Å²) in [5.74, 6) is 0.467. The molecule has 1 rings (SSSR count). The summed E-state index contributed by atoms with van der Waals surface area (Å²) >= 11 is 0. The van der Waals surface area contributed by atoms with Crippen LogP contribution < -0.4 is 5.32 Å². The first-order chi connectivity index (χ1) is 7.91. The van der Waals surface area contributed by atoms with Gasteiger partial charge >= 0.3 is 0 Å². The second-order valence-corrected chi connectivity index (χ2v) is 5.42. The number of amides is 2. The van der Waals surface area contributed by atoms with E-state index in [1.807, 2.05) is 32.6 Å². The van der Waals surface area contributed by atoms with Gasteiger partial charge in [-0.1, -0.05) is 13.8 Å². The molecule has 1 N–H and O–H groups in total. The lowest BCUT2D eigenvalue weighted by Gasteiger charge is -2.32. The van der Waals surface area contributed by atoms with Gasteiger partial charge in [-0.05, 0) is 26.7 Å². The van der Waals surface area contributed by atoms with Crippen molar-refractivity contribution in [2.24, 2.45) is 11.8 Å². The van der Waals surface area contributed by atoms with Crippen LogP contribution >= 0.6 is 0 Å². The number of carbonyl (C=O) groups is 2. The van der Waals surface area contributed by atoms with Gasteiger partial charge in [0, 0.05) is 31.0 Å². The molecular weight excluding hydrogens is 216 g/mol. The highest BCUT2D eigenvalue weighted by Gasteiger charge is 2.28. The van der Waals surface area contributed by atoms with E-state index in [0.717, 1.165) is 12.8 Å². The van der Waals surface area contributed by atoms with Crippen molar-refractivity contribution < 1.29 is 9.59 Å². The Hall–Kier alpha value is -1.06. The smallest absolute Gasteiger partial charge is 0.225 e. The molecule has 1 aliphatic heterocycles. The summed E-state index contributed by atoms with van der Waals surface area (Å²) in [5.41, 5.74) is 0. The van der Waals surface area contributed by atoms with Crippen LogP contribution in [0.2, 0.25) is 0 Å². The van der Waals surface area contributed by atoms with E-state index in [1.165, 1.54) is 0 Å². The summed E-state index contributed by atoms with van der Waals surface area (Å²) in [6.07, 6.45) is 1.58. The van der Waals surface area contributed by atoms with E-state index >= 15 is 0 Å². The summed E-state index contributed by atoms with van der Waals surface area (Å²) < 4.78 is 0. The fourth-order valence-electron chi connectivity index (χ4n) is 2.13. The van der Waals surface area contributed by atoms with Crippen molar-refractivity contribution in [3.05, 3.63) is 0 Å². The van der Waals surface area contributed by atoms with Crippen molar-refractivity contribution in [2.45, 2.75) is 46.6 Å². The standard InChI is InChI=1S/C13H24N2O2/c1-9(2)13(17)15-7-5-11(6-8-15)12(16)14-10(3)4/h9-11H,5-8H2,1-4H3,(H,14,16). The maximum atomic E-state index is 11.8. The number of nitrogens with zero attached hydrogens (tertiary/aromatic N) is 1. The van der Waals surface area contributed by atoms with Crippen molar-refractivity contribution >= 4 is 11.8 Å². The van der Waals surface area contributed by atoms with Gasteiger partial charge in [0.2, 0.25) is 11.8 Å². The Kier molecular flexibility index (Phi) is 4.97. The van der Waals surface area contributed by atoms with Crippen molar-refractivity contribution in [3.8, 4) is 0 Å². The van der Waals surface area contributed by atoms with Crippen LogP contribution in [0.5, 0.6) is 0 Å². The van der Waals surface area contributed by atoms with Crippen LogP contribution in [0.15, 0.2) is 0 Å². The topological polar surface area (TPSA) is 49.4 Å². The molecule has 4 heteroatoms. The van der Waals surface area contributed by atoms with Crippen molar-refractivity contribution in [1.29, 1.82) is 0 Å². The lowest BCUT2D eigenvalue weighted by molar-refractivity contribution is -0.138. The van der Waals surface area contributed by atoms with E-state index in [0.29, 0.717) is 13.1 Å². The zero-order valence-electron chi connectivity index (χ0n) is 11.3. The molecule has 1 heterocycles. The molecular formula is C13H24N2O2. The second-order valence-electron chi connectivity index (χ2n) is 5.42. The Morgan fingerprint density at radius 1 is 1.12 bits per heavy atom. The van der Waals surface area contributed by atoms with E-state index in [9.17, 15) is 9.59 Å². The minimum Gasteiger partial charge on any atom is -0.354 e. The first kappa shape index (κ1) is 14.0. The second kappa shape index (κ2) is 6.03. The number of nitrogens with one attached hydrogen (secondary N) is 1. The summed E-state index contributed by atoms with van der Waals surface area (Å²) in [7, 11) is 0. The number of rotatable bonds is 3. The Bertz CT molecular complexity index is 279. The van der Waals surface area contributed by atoms with Gasteiger partial charge in [-0.15, -0.1) is 0 Å². The maximum Gasteiger partial charge on any atom is 0.225 e. The number of likely N-dealkylation sites (tertiary alicyclic amines) is 1. The molecule has 0 unspecified atom stereocenters. The van der Waals surface area contributed by atoms with E-state index in [4.69, 9.17) is 0 Å². The average molecular weight is 240 g/mol. The lowest BCUT2D eigenvalue weighted by atomic mass is 9.95. The molecule has 2 amide bonds. The Balaban J connectivity index is 2.40. The minimum absolute atomic E-state index is 0.0519. The van der Waals surface area contributed by atoms with Crippen LogP contribution in [0, 0.1) is 11.8 Å². The van der Waals surface area contributed by atoms with E-state index in [2.05, 4.69) is 5.32 Å². The predicted octanol–water partition coefficient (Wildman–Crippen LogP) is 1.41. The third kappa shape index (κ3) is 4.02. The molecule has 0 atom stereocenters. The molecule has 0 aromatic carbocycles. The monoisotopic (exact) mass is 240 g/mol. The van der Waals surface area contributed by atoms with Crippen LogP contribution in [-0.2, 0) is 9.59 Å². The van der Waals surface area contributed by atoms with Crippen LogP contribution in [-0.4, -0.2) is 35.8 Å².